The highest BCUT2D eigenvalue weighted by molar-refractivity contribution is 7.91. The summed E-state index contributed by atoms with van der Waals surface area (Å²) >= 11 is 5.62. The van der Waals surface area contributed by atoms with Crippen molar-refractivity contribution in [3.05, 3.63) is 17.4 Å². The van der Waals surface area contributed by atoms with Crippen molar-refractivity contribution in [3.8, 4) is 0 Å². The summed E-state index contributed by atoms with van der Waals surface area (Å²) in [5.41, 5.74) is 0. The average molecular weight is 262 g/mol. The Morgan fingerprint density at radius 3 is 2.62 bits per heavy atom. The van der Waals surface area contributed by atoms with Gasteiger partial charge in [-0.3, -0.25) is 0 Å². The van der Waals surface area contributed by atoms with Crippen molar-refractivity contribution in [2.75, 3.05) is 13.1 Å². The van der Waals surface area contributed by atoms with E-state index in [0.29, 0.717) is 18.0 Å². The Labute approximate surface area is 99.2 Å². The fourth-order valence-corrected chi connectivity index (χ4v) is 3.29. The van der Waals surface area contributed by atoms with Gasteiger partial charge in [0.05, 0.1) is 22.7 Å². The summed E-state index contributed by atoms with van der Waals surface area (Å²) in [6.45, 7) is 1.34. The van der Waals surface area contributed by atoms with Gasteiger partial charge in [-0.1, -0.05) is 11.6 Å². The standard InChI is InChI=1S/C9H12ClN3O2S/c10-7-4-12-9(13-5-7)16(14,15)8-2-1-3-11-6-8/h4-5,8,11H,1-3,6H2/t8-/m0/s1. The van der Waals surface area contributed by atoms with Gasteiger partial charge in [0.25, 0.3) is 0 Å². The van der Waals surface area contributed by atoms with Gasteiger partial charge >= 0.3 is 0 Å². The fourth-order valence-electron chi connectivity index (χ4n) is 1.68. The number of hydrogen-bond acceptors (Lipinski definition) is 5. The predicted molar refractivity (Wildman–Crippen MR) is 60.1 cm³/mol. The molecule has 0 aliphatic carbocycles. The molecule has 0 unspecified atom stereocenters. The smallest absolute Gasteiger partial charge is 0.247 e. The zero-order valence-electron chi connectivity index (χ0n) is 8.56. The number of halogens is 1. The van der Waals surface area contributed by atoms with Gasteiger partial charge in [0.2, 0.25) is 15.0 Å². The summed E-state index contributed by atoms with van der Waals surface area (Å²) in [4.78, 5) is 7.53. The Kier molecular flexibility index (Phi) is 3.41. The van der Waals surface area contributed by atoms with Crippen LogP contribution >= 0.6 is 11.6 Å². The molecule has 0 bridgehead atoms. The fraction of sp³-hybridized carbons (Fsp3) is 0.556. The third-order valence-electron chi connectivity index (χ3n) is 2.54. The van der Waals surface area contributed by atoms with Crippen molar-refractivity contribution < 1.29 is 8.42 Å². The second kappa shape index (κ2) is 4.65. The number of hydrogen-bond donors (Lipinski definition) is 1. The second-order valence-corrected chi connectivity index (χ2v) is 6.26. The molecule has 1 saturated heterocycles. The van der Waals surface area contributed by atoms with Gasteiger partial charge in [-0.2, -0.15) is 0 Å². The summed E-state index contributed by atoms with van der Waals surface area (Å²) in [6, 6.07) is 0. The first-order valence-corrected chi connectivity index (χ1v) is 6.95. The van der Waals surface area contributed by atoms with Crippen molar-refractivity contribution in [3.63, 3.8) is 0 Å². The first-order valence-electron chi connectivity index (χ1n) is 5.03. The molecule has 1 aromatic rings. The highest BCUT2D eigenvalue weighted by Crippen LogP contribution is 2.18. The molecule has 1 fully saturated rings. The molecule has 0 saturated carbocycles. The third kappa shape index (κ3) is 2.34. The van der Waals surface area contributed by atoms with E-state index in [2.05, 4.69) is 15.3 Å². The Balaban J connectivity index is 2.27. The van der Waals surface area contributed by atoms with Crippen LogP contribution in [0.5, 0.6) is 0 Å². The zero-order chi connectivity index (χ0) is 11.6. The van der Waals surface area contributed by atoms with E-state index in [0.717, 1.165) is 13.0 Å². The monoisotopic (exact) mass is 261 g/mol. The molecule has 1 aliphatic heterocycles. The van der Waals surface area contributed by atoms with Crippen LogP contribution in [-0.4, -0.2) is 36.7 Å². The van der Waals surface area contributed by atoms with E-state index < -0.39 is 15.1 Å². The molecule has 2 heterocycles. The van der Waals surface area contributed by atoms with Crippen LogP contribution in [0, 0.1) is 0 Å². The minimum absolute atomic E-state index is 0.134. The summed E-state index contributed by atoms with van der Waals surface area (Å²) < 4.78 is 24.2. The molecule has 5 nitrogen and oxygen atoms in total. The molecule has 0 aromatic carbocycles. The van der Waals surface area contributed by atoms with Gasteiger partial charge in [-0.05, 0) is 19.4 Å². The third-order valence-corrected chi connectivity index (χ3v) is 4.74. The molecule has 1 aromatic heterocycles. The van der Waals surface area contributed by atoms with Crippen LogP contribution in [0.4, 0.5) is 0 Å². The van der Waals surface area contributed by atoms with Crippen molar-refractivity contribution in [2.24, 2.45) is 0 Å². The van der Waals surface area contributed by atoms with Crippen LogP contribution in [0.3, 0.4) is 0 Å². The molecular weight excluding hydrogens is 250 g/mol. The van der Waals surface area contributed by atoms with E-state index >= 15 is 0 Å². The van der Waals surface area contributed by atoms with Crippen LogP contribution in [0.25, 0.3) is 0 Å². The maximum atomic E-state index is 12.1. The lowest BCUT2D eigenvalue weighted by Gasteiger charge is -2.21. The van der Waals surface area contributed by atoms with Gasteiger partial charge in [-0.25, -0.2) is 18.4 Å². The Morgan fingerprint density at radius 1 is 1.38 bits per heavy atom. The van der Waals surface area contributed by atoms with Crippen LogP contribution in [0.2, 0.25) is 5.02 Å². The second-order valence-electron chi connectivity index (χ2n) is 3.70. The normalized spacial score (nSPS) is 21.9. The number of sulfone groups is 1. The van der Waals surface area contributed by atoms with E-state index in [-0.39, 0.29) is 5.16 Å². The predicted octanol–water partition coefficient (Wildman–Crippen LogP) is 0.656. The van der Waals surface area contributed by atoms with Gasteiger partial charge in [0, 0.05) is 6.54 Å². The molecule has 0 spiro atoms. The molecule has 1 N–H and O–H groups in total. The van der Waals surface area contributed by atoms with Crippen LogP contribution in [0.1, 0.15) is 12.8 Å². The van der Waals surface area contributed by atoms with Crippen molar-refractivity contribution >= 4 is 21.4 Å². The minimum Gasteiger partial charge on any atom is -0.315 e. The Bertz CT molecular complexity index is 454. The van der Waals surface area contributed by atoms with Gasteiger partial charge < -0.3 is 5.32 Å². The highest BCUT2D eigenvalue weighted by atomic mass is 35.5. The number of nitrogens with zero attached hydrogens (tertiary/aromatic N) is 2. The molecule has 88 valence electrons. The number of aromatic nitrogens is 2. The first kappa shape index (κ1) is 11.8. The number of nitrogens with one attached hydrogen (secondary N) is 1. The van der Waals surface area contributed by atoms with Crippen LogP contribution in [0.15, 0.2) is 17.6 Å². The van der Waals surface area contributed by atoms with Gasteiger partial charge in [-0.15, -0.1) is 0 Å². The molecule has 7 heteroatoms. The SMILES string of the molecule is O=S(=O)(c1ncc(Cl)cn1)[C@H]1CCCNC1. The summed E-state index contributed by atoms with van der Waals surface area (Å²) in [6.07, 6.45) is 4.12. The average Bonchev–Trinajstić information content (AvgIpc) is 2.31. The Morgan fingerprint density at radius 2 is 2.06 bits per heavy atom. The molecular formula is C9H12ClN3O2S. The number of piperidine rings is 1. The first-order chi connectivity index (χ1) is 7.60. The molecule has 0 amide bonds. The van der Waals surface area contributed by atoms with E-state index in [1.54, 1.807) is 0 Å². The molecule has 0 radical (unpaired) electrons. The molecule has 2 rings (SSSR count). The van der Waals surface area contributed by atoms with Crippen LogP contribution < -0.4 is 5.32 Å². The number of rotatable bonds is 2. The molecule has 16 heavy (non-hydrogen) atoms. The highest BCUT2D eigenvalue weighted by Gasteiger charge is 2.31. The topological polar surface area (TPSA) is 72.0 Å². The Hall–Kier alpha value is -0.720. The van der Waals surface area contributed by atoms with Crippen molar-refractivity contribution in [2.45, 2.75) is 23.2 Å². The van der Waals surface area contributed by atoms with Crippen LogP contribution in [-0.2, 0) is 9.84 Å². The summed E-state index contributed by atoms with van der Waals surface area (Å²) in [5.74, 6) is 0. The van der Waals surface area contributed by atoms with Gasteiger partial charge in [0.1, 0.15) is 0 Å². The molecule has 1 atom stereocenters. The summed E-state index contributed by atoms with van der Waals surface area (Å²) in [5, 5.41) is 2.83. The van der Waals surface area contributed by atoms with Gasteiger partial charge in [0.15, 0.2) is 0 Å². The van der Waals surface area contributed by atoms with Crippen molar-refractivity contribution in [1.82, 2.24) is 15.3 Å². The maximum absolute atomic E-state index is 12.1. The van der Waals surface area contributed by atoms with E-state index in [4.69, 9.17) is 11.6 Å². The maximum Gasteiger partial charge on any atom is 0.247 e. The zero-order valence-corrected chi connectivity index (χ0v) is 10.1. The summed E-state index contributed by atoms with van der Waals surface area (Å²) in [7, 11) is -3.42. The quantitative estimate of drug-likeness (QED) is 0.792. The lowest BCUT2D eigenvalue weighted by atomic mass is 10.2. The lowest BCUT2D eigenvalue weighted by Crippen LogP contribution is -2.39. The molecule has 1 aliphatic rings. The van der Waals surface area contributed by atoms with Crippen molar-refractivity contribution in [1.29, 1.82) is 0 Å². The van der Waals surface area contributed by atoms with E-state index in [1.165, 1.54) is 12.4 Å². The lowest BCUT2D eigenvalue weighted by molar-refractivity contribution is 0.493. The van der Waals surface area contributed by atoms with E-state index in [9.17, 15) is 8.42 Å². The minimum atomic E-state index is -3.42. The largest absolute Gasteiger partial charge is 0.315 e. The van der Waals surface area contributed by atoms with E-state index in [1.807, 2.05) is 0 Å².